The molecule has 0 radical (unpaired) electrons. The van der Waals surface area contributed by atoms with Crippen LogP contribution in [0.5, 0.6) is 0 Å². The highest BCUT2D eigenvalue weighted by Gasteiger charge is 2.19. The van der Waals surface area contributed by atoms with E-state index in [4.69, 9.17) is 0 Å². The summed E-state index contributed by atoms with van der Waals surface area (Å²) in [4.78, 5) is 12.2. The Morgan fingerprint density at radius 3 is 2.50 bits per heavy atom. The number of hydrogen-bond acceptors (Lipinski definition) is 2. The number of piperidine rings is 1. The maximum Gasteiger partial charge on any atom is 0.224 e. The third-order valence-corrected chi connectivity index (χ3v) is 4.25. The summed E-state index contributed by atoms with van der Waals surface area (Å²) in [6.07, 6.45) is 4.03. The van der Waals surface area contributed by atoms with E-state index >= 15 is 0 Å². The SMILES string of the molecule is CC(C)(C)c1ccccc1NC(=O)CCC1CCNCC1.Cl. The molecule has 1 amide bonds. The molecule has 22 heavy (non-hydrogen) atoms. The monoisotopic (exact) mass is 324 g/mol. The summed E-state index contributed by atoms with van der Waals surface area (Å²) in [6, 6.07) is 8.12. The maximum atomic E-state index is 12.2. The van der Waals surface area contributed by atoms with Gasteiger partial charge in [0.15, 0.2) is 0 Å². The zero-order chi connectivity index (χ0) is 15.3. The highest BCUT2D eigenvalue weighted by Crippen LogP contribution is 2.29. The van der Waals surface area contributed by atoms with E-state index in [-0.39, 0.29) is 23.7 Å². The van der Waals surface area contributed by atoms with Crippen LogP contribution in [-0.2, 0) is 10.2 Å². The Labute approximate surface area is 140 Å². The molecular formula is C18H29ClN2O. The molecule has 1 fully saturated rings. The van der Waals surface area contributed by atoms with Gasteiger partial charge in [0.25, 0.3) is 0 Å². The van der Waals surface area contributed by atoms with Crippen molar-refractivity contribution in [3.63, 3.8) is 0 Å². The van der Waals surface area contributed by atoms with Gasteiger partial charge in [-0.3, -0.25) is 4.79 Å². The lowest BCUT2D eigenvalue weighted by atomic mass is 9.85. The van der Waals surface area contributed by atoms with Crippen LogP contribution in [-0.4, -0.2) is 19.0 Å². The van der Waals surface area contributed by atoms with Gasteiger partial charge in [-0.25, -0.2) is 0 Å². The minimum atomic E-state index is 0. The van der Waals surface area contributed by atoms with Crippen molar-refractivity contribution in [2.24, 2.45) is 5.92 Å². The van der Waals surface area contributed by atoms with Gasteiger partial charge in [-0.15, -0.1) is 12.4 Å². The smallest absolute Gasteiger partial charge is 0.224 e. The number of rotatable bonds is 4. The first-order valence-corrected chi connectivity index (χ1v) is 8.07. The summed E-state index contributed by atoms with van der Waals surface area (Å²) in [7, 11) is 0. The topological polar surface area (TPSA) is 41.1 Å². The molecule has 0 unspecified atom stereocenters. The Kier molecular flexibility index (Phi) is 7.37. The molecule has 0 aromatic heterocycles. The third kappa shape index (κ3) is 5.62. The van der Waals surface area contributed by atoms with E-state index in [9.17, 15) is 4.79 Å². The molecule has 1 saturated heterocycles. The summed E-state index contributed by atoms with van der Waals surface area (Å²) < 4.78 is 0. The van der Waals surface area contributed by atoms with Crippen LogP contribution in [0, 0.1) is 5.92 Å². The van der Waals surface area contributed by atoms with Gasteiger partial charge in [-0.1, -0.05) is 39.0 Å². The zero-order valence-corrected chi connectivity index (χ0v) is 14.8. The lowest BCUT2D eigenvalue weighted by Crippen LogP contribution is -2.28. The number of carbonyl (C=O) groups excluding carboxylic acids is 1. The van der Waals surface area contributed by atoms with Gasteiger partial charge in [-0.2, -0.15) is 0 Å². The number of benzene rings is 1. The molecule has 1 aromatic carbocycles. The lowest BCUT2D eigenvalue weighted by Gasteiger charge is -2.24. The molecule has 1 aromatic rings. The predicted molar refractivity (Wildman–Crippen MR) is 95.8 cm³/mol. The van der Waals surface area contributed by atoms with E-state index in [0.29, 0.717) is 12.3 Å². The quantitative estimate of drug-likeness (QED) is 0.874. The van der Waals surface area contributed by atoms with Crippen LogP contribution in [0.1, 0.15) is 52.0 Å². The minimum Gasteiger partial charge on any atom is -0.326 e. The van der Waals surface area contributed by atoms with Gasteiger partial charge >= 0.3 is 0 Å². The van der Waals surface area contributed by atoms with Gasteiger partial charge in [0, 0.05) is 12.1 Å². The van der Waals surface area contributed by atoms with Crippen LogP contribution in [0.3, 0.4) is 0 Å². The number of para-hydroxylation sites is 1. The van der Waals surface area contributed by atoms with Gasteiger partial charge in [0.1, 0.15) is 0 Å². The fourth-order valence-corrected chi connectivity index (χ4v) is 2.96. The summed E-state index contributed by atoms with van der Waals surface area (Å²) in [5.74, 6) is 0.847. The Hall–Kier alpha value is -1.06. The predicted octanol–water partition coefficient (Wildman–Crippen LogP) is 4.12. The van der Waals surface area contributed by atoms with E-state index in [1.165, 1.54) is 18.4 Å². The average Bonchev–Trinajstić information content (AvgIpc) is 2.46. The highest BCUT2D eigenvalue weighted by atomic mass is 35.5. The van der Waals surface area contributed by atoms with Crippen molar-refractivity contribution in [3.05, 3.63) is 29.8 Å². The summed E-state index contributed by atoms with van der Waals surface area (Å²) in [6.45, 7) is 8.71. The first-order chi connectivity index (χ1) is 9.97. The van der Waals surface area contributed by atoms with Gasteiger partial charge in [0.05, 0.1) is 0 Å². The van der Waals surface area contributed by atoms with E-state index < -0.39 is 0 Å². The molecule has 124 valence electrons. The van der Waals surface area contributed by atoms with E-state index in [0.717, 1.165) is 25.2 Å². The molecule has 0 saturated carbocycles. The second-order valence-corrected chi connectivity index (χ2v) is 7.08. The standard InChI is InChI=1S/C18H28N2O.ClH/c1-18(2,3)15-6-4-5-7-16(15)20-17(21)9-8-14-10-12-19-13-11-14;/h4-7,14,19H,8-13H2,1-3H3,(H,20,21);1H. The van der Waals surface area contributed by atoms with Gasteiger partial charge < -0.3 is 10.6 Å². The molecule has 0 spiro atoms. The molecule has 1 aliphatic heterocycles. The number of halogens is 1. The molecule has 2 rings (SSSR count). The van der Waals surface area contributed by atoms with E-state index in [2.05, 4.69) is 37.5 Å². The summed E-state index contributed by atoms with van der Waals surface area (Å²) >= 11 is 0. The van der Waals surface area contributed by atoms with Crippen molar-refractivity contribution in [2.45, 2.75) is 51.9 Å². The first-order valence-electron chi connectivity index (χ1n) is 8.07. The fourth-order valence-electron chi connectivity index (χ4n) is 2.96. The Balaban J connectivity index is 0.00000242. The molecule has 1 aliphatic rings. The molecule has 0 bridgehead atoms. The number of hydrogen-bond donors (Lipinski definition) is 2. The van der Waals surface area contributed by atoms with Crippen molar-refractivity contribution in [2.75, 3.05) is 18.4 Å². The number of amides is 1. The molecule has 3 nitrogen and oxygen atoms in total. The van der Waals surface area contributed by atoms with Gasteiger partial charge in [-0.05, 0) is 55.3 Å². The Morgan fingerprint density at radius 1 is 1.23 bits per heavy atom. The second kappa shape index (κ2) is 8.54. The number of carbonyl (C=O) groups is 1. The Morgan fingerprint density at radius 2 is 1.86 bits per heavy atom. The van der Waals surface area contributed by atoms with Crippen LogP contribution in [0.2, 0.25) is 0 Å². The minimum absolute atomic E-state index is 0. The third-order valence-electron chi connectivity index (χ3n) is 4.25. The molecule has 0 atom stereocenters. The van der Waals surface area contributed by atoms with Crippen LogP contribution in [0.15, 0.2) is 24.3 Å². The normalized spacial score (nSPS) is 16.0. The molecule has 0 aliphatic carbocycles. The molecule has 2 N–H and O–H groups in total. The Bertz CT molecular complexity index is 476. The van der Waals surface area contributed by atoms with Crippen molar-refractivity contribution >= 4 is 24.0 Å². The van der Waals surface area contributed by atoms with E-state index in [1.807, 2.05) is 18.2 Å². The summed E-state index contributed by atoms with van der Waals surface area (Å²) in [5.41, 5.74) is 2.19. The van der Waals surface area contributed by atoms with Gasteiger partial charge in [0.2, 0.25) is 5.91 Å². The second-order valence-electron chi connectivity index (χ2n) is 7.08. The summed E-state index contributed by atoms with van der Waals surface area (Å²) in [5, 5.41) is 6.47. The lowest BCUT2D eigenvalue weighted by molar-refractivity contribution is -0.116. The van der Waals surface area contributed by atoms with Crippen molar-refractivity contribution in [1.82, 2.24) is 5.32 Å². The molecular weight excluding hydrogens is 296 g/mol. The fraction of sp³-hybridized carbons (Fsp3) is 0.611. The largest absolute Gasteiger partial charge is 0.326 e. The van der Waals surface area contributed by atoms with E-state index in [1.54, 1.807) is 0 Å². The highest BCUT2D eigenvalue weighted by molar-refractivity contribution is 5.91. The first kappa shape index (κ1) is 19.0. The molecule has 4 heteroatoms. The van der Waals surface area contributed by atoms with Crippen molar-refractivity contribution < 1.29 is 4.79 Å². The number of nitrogens with one attached hydrogen (secondary N) is 2. The van der Waals surface area contributed by atoms with Crippen LogP contribution >= 0.6 is 12.4 Å². The van der Waals surface area contributed by atoms with Crippen LogP contribution in [0.4, 0.5) is 5.69 Å². The van der Waals surface area contributed by atoms with Crippen molar-refractivity contribution in [3.8, 4) is 0 Å². The van der Waals surface area contributed by atoms with Crippen LogP contribution in [0.25, 0.3) is 0 Å². The van der Waals surface area contributed by atoms with Crippen molar-refractivity contribution in [1.29, 1.82) is 0 Å². The maximum absolute atomic E-state index is 12.2. The average molecular weight is 325 g/mol. The van der Waals surface area contributed by atoms with Crippen LogP contribution < -0.4 is 10.6 Å². The number of anilines is 1. The molecule has 1 heterocycles. The zero-order valence-electron chi connectivity index (χ0n) is 13.9.